The van der Waals surface area contributed by atoms with Crippen molar-refractivity contribution in [2.24, 2.45) is 4.99 Å². The maximum atomic E-state index is 6.07. The van der Waals surface area contributed by atoms with Gasteiger partial charge in [-0.3, -0.25) is 4.99 Å². The second-order valence-electron chi connectivity index (χ2n) is 6.75. The van der Waals surface area contributed by atoms with Gasteiger partial charge in [-0.1, -0.05) is 54.6 Å². The number of ether oxygens (including phenoxy) is 1. The van der Waals surface area contributed by atoms with Crippen LogP contribution in [-0.4, -0.2) is 6.21 Å². The van der Waals surface area contributed by atoms with Gasteiger partial charge in [0.15, 0.2) is 0 Å². The molecule has 0 aromatic heterocycles. The Balaban J connectivity index is 0.00000261. The first kappa shape index (κ1) is 27.6. The number of hydrogen-bond acceptors (Lipinski definition) is 2. The monoisotopic (exact) mass is 559 g/mol. The van der Waals surface area contributed by atoms with E-state index in [1.54, 1.807) is 0 Å². The van der Waals surface area contributed by atoms with Crippen LogP contribution in [-0.2, 0) is 23.1 Å². The average Bonchev–Trinajstić information content (AvgIpc) is 2.61. The molecular weight excluding hydrogens is 537 g/mol. The summed E-state index contributed by atoms with van der Waals surface area (Å²) in [5, 5.41) is 0. The topological polar surface area (TPSA) is 21.6 Å². The van der Waals surface area contributed by atoms with Crippen molar-refractivity contribution in [2.45, 2.75) is 34.3 Å². The van der Waals surface area contributed by atoms with Crippen molar-refractivity contribution in [3.63, 3.8) is 0 Å². The van der Waals surface area contributed by atoms with E-state index in [2.05, 4.69) is 88.4 Å². The van der Waals surface area contributed by atoms with Crippen molar-refractivity contribution < 1.29 is 55.2 Å². The van der Waals surface area contributed by atoms with Crippen LogP contribution in [0.2, 0.25) is 0 Å². The van der Waals surface area contributed by atoms with E-state index in [9.17, 15) is 0 Å². The van der Waals surface area contributed by atoms with Gasteiger partial charge in [-0.15, -0.1) is 0 Å². The molecule has 3 aromatic rings. The zero-order valence-corrected chi connectivity index (χ0v) is 21.1. The van der Waals surface area contributed by atoms with Crippen LogP contribution in [0, 0.1) is 27.7 Å². The number of halogens is 2. The molecule has 0 aliphatic heterocycles. The van der Waals surface area contributed by atoms with Crippen LogP contribution in [0.25, 0.3) is 0 Å². The Morgan fingerprint density at radius 3 is 1.86 bits per heavy atom. The van der Waals surface area contributed by atoms with Gasteiger partial charge >= 0.3 is 16.5 Å². The van der Waals surface area contributed by atoms with E-state index < -0.39 is 0 Å². The summed E-state index contributed by atoms with van der Waals surface area (Å²) in [6.45, 7) is 8.89. The summed E-state index contributed by atoms with van der Waals surface area (Å²) >= 11 is 0. The largest absolute Gasteiger partial charge is 2.00 e. The number of rotatable bonds is 5. The third-order valence-electron chi connectivity index (χ3n) is 4.53. The van der Waals surface area contributed by atoms with Gasteiger partial charge in [0.05, 0.1) is 5.69 Å². The van der Waals surface area contributed by atoms with Crippen LogP contribution in [0.15, 0.2) is 65.7 Å². The maximum absolute atomic E-state index is 6.07. The summed E-state index contributed by atoms with van der Waals surface area (Å²) in [5.41, 5.74) is 7.97. The third-order valence-corrected chi connectivity index (χ3v) is 4.53. The molecule has 3 aromatic carbocycles. The maximum Gasteiger partial charge on any atom is 2.00 e. The van der Waals surface area contributed by atoms with Crippen LogP contribution in [0.4, 0.5) is 5.69 Å². The zero-order valence-electron chi connectivity index (χ0n) is 17.0. The zero-order chi connectivity index (χ0) is 18.5. The summed E-state index contributed by atoms with van der Waals surface area (Å²) in [7, 11) is 0. The van der Waals surface area contributed by atoms with E-state index >= 15 is 0 Å². The van der Waals surface area contributed by atoms with Crippen LogP contribution >= 0.6 is 0 Å². The normalized spacial score (nSPS) is 9.93. The van der Waals surface area contributed by atoms with Crippen LogP contribution in [0.3, 0.4) is 0 Å². The third kappa shape index (κ3) is 7.40. The Hall–Kier alpha value is -1.42. The molecule has 2 nitrogen and oxygen atoms in total. The average molecular weight is 562 g/mol. The molecule has 5 heteroatoms. The van der Waals surface area contributed by atoms with E-state index in [-0.39, 0.29) is 50.5 Å². The molecular formula is C24H25Br2NNiO. The number of nitrogens with zero attached hydrogens (tertiary/aromatic N) is 1. The fraction of sp³-hybridized carbons (Fsp3) is 0.208. The molecule has 0 bridgehead atoms. The van der Waals surface area contributed by atoms with Gasteiger partial charge in [0.1, 0.15) is 12.4 Å². The standard InChI is InChI=1S/C24H25NO.2BrH.Ni/c1-17-8-5-9-18(2)23(17)25-15-21-12-7-13-22(14-21)16-26-24-19(3)10-6-11-20(24)4;;;/h5-15H,16H2,1-4H3;2*1H;/q;;;+2/p-2. The number of aryl methyl sites for hydroxylation is 4. The number of hydrogen-bond donors (Lipinski definition) is 0. The Morgan fingerprint density at radius 2 is 1.28 bits per heavy atom. The fourth-order valence-corrected chi connectivity index (χ4v) is 3.09. The molecule has 0 unspecified atom stereocenters. The molecule has 0 fully saturated rings. The predicted molar refractivity (Wildman–Crippen MR) is 110 cm³/mol. The summed E-state index contributed by atoms with van der Waals surface area (Å²) < 4.78 is 6.07. The fourth-order valence-electron chi connectivity index (χ4n) is 3.09. The SMILES string of the molecule is Cc1cccc(C)c1N=Cc1cccc(COc2c(C)cccc2C)c1.[Br-].[Br-].[Ni+2]. The molecule has 0 radical (unpaired) electrons. The Kier molecular flexibility index (Phi) is 12.4. The molecule has 0 saturated heterocycles. The minimum absolute atomic E-state index is 0. The molecule has 0 amide bonds. The molecule has 0 aliphatic carbocycles. The smallest absolute Gasteiger partial charge is 1.00 e. The Bertz CT molecular complexity index is 917. The first-order valence-electron chi connectivity index (χ1n) is 8.93. The Labute approximate surface area is 205 Å². The summed E-state index contributed by atoms with van der Waals surface area (Å²) in [5.74, 6) is 0.974. The van der Waals surface area contributed by atoms with E-state index in [1.807, 2.05) is 6.21 Å². The van der Waals surface area contributed by atoms with E-state index in [1.165, 1.54) is 11.1 Å². The molecule has 0 heterocycles. The van der Waals surface area contributed by atoms with Gasteiger partial charge in [0, 0.05) is 6.21 Å². The first-order valence-corrected chi connectivity index (χ1v) is 8.93. The summed E-state index contributed by atoms with van der Waals surface area (Å²) in [6, 6.07) is 20.8. The van der Waals surface area contributed by atoms with Crippen molar-refractivity contribution in [1.82, 2.24) is 0 Å². The number of para-hydroxylation sites is 2. The molecule has 29 heavy (non-hydrogen) atoms. The van der Waals surface area contributed by atoms with E-state index in [0.29, 0.717) is 6.61 Å². The minimum Gasteiger partial charge on any atom is -1.00 e. The van der Waals surface area contributed by atoms with Crippen molar-refractivity contribution in [3.05, 3.63) is 94.0 Å². The van der Waals surface area contributed by atoms with Gasteiger partial charge in [0.25, 0.3) is 0 Å². The number of benzene rings is 3. The molecule has 0 N–H and O–H groups in total. The first-order chi connectivity index (χ1) is 12.5. The molecule has 0 aliphatic rings. The van der Waals surface area contributed by atoms with Gasteiger partial charge < -0.3 is 38.7 Å². The number of aliphatic imine (C=N–C) groups is 1. The van der Waals surface area contributed by atoms with Crippen molar-refractivity contribution in [1.29, 1.82) is 0 Å². The predicted octanol–water partition coefficient (Wildman–Crippen LogP) is 0.255. The molecule has 3 rings (SSSR count). The van der Waals surface area contributed by atoms with Crippen LogP contribution in [0.5, 0.6) is 5.75 Å². The molecule has 0 spiro atoms. The van der Waals surface area contributed by atoms with Gasteiger partial charge in [-0.05, 0) is 67.1 Å². The van der Waals surface area contributed by atoms with Crippen molar-refractivity contribution in [3.8, 4) is 5.75 Å². The van der Waals surface area contributed by atoms with Crippen molar-refractivity contribution in [2.75, 3.05) is 0 Å². The van der Waals surface area contributed by atoms with Crippen LogP contribution in [0.1, 0.15) is 33.4 Å². The minimum atomic E-state index is 0. The summed E-state index contributed by atoms with van der Waals surface area (Å²) in [4.78, 5) is 4.70. The van der Waals surface area contributed by atoms with Crippen molar-refractivity contribution >= 4 is 11.9 Å². The van der Waals surface area contributed by atoms with Gasteiger partial charge in [-0.25, -0.2) is 0 Å². The Morgan fingerprint density at radius 1 is 0.759 bits per heavy atom. The van der Waals surface area contributed by atoms with E-state index in [0.717, 1.165) is 33.7 Å². The second kappa shape index (κ2) is 13.0. The van der Waals surface area contributed by atoms with Gasteiger partial charge in [-0.2, -0.15) is 0 Å². The van der Waals surface area contributed by atoms with Crippen LogP contribution < -0.4 is 38.7 Å². The molecule has 0 atom stereocenters. The van der Waals surface area contributed by atoms with E-state index in [4.69, 9.17) is 9.73 Å². The quantitative estimate of drug-likeness (QED) is 0.324. The second-order valence-corrected chi connectivity index (χ2v) is 6.75. The summed E-state index contributed by atoms with van der Waals surface area (Å²) in [6.07, 6.45) is 1.93. The van der Waals surface area contributed by atoms with Gasteiger partial charge in [0.2, 0.25) is 0 Å². The molecule has 156 valence electrons. The molecule has 0 saturated carbocycles.